The molecule has 1 aromatic carbocycles. The van der Waals surface area contributed by atoms with Crippen molar-refractivity contribution in [3.63, 3.8) is 0 Å². The van der Waals surface area contributed by atoms with E-state index in [1.54, 1.807) is 6.07 Å². The highest BCUT2D eigenvalue weighted by Gasteiger charge is 1.95. The van der Waals surface area contributed by atoms with E-state index >= 15 is 0 Å². The Morgan fingerprint density at radius 2 is 1.64 bits per heavy atom. The van der Waals surface area contributed by atoms with Gasteiger partial charge in [-0.25, -0.2) is 0 Å². The molecule has 14 heavy (non-hydrogen) atoms. The molecule has 0 amide bonds. The fourth-order valence-electron chi connectivity index (χ4n) is 0.992. The summed E-state index contributed by atoms with van der Waals surface area (Å²) in [5.41, 5.74) is 1.05. The number of hydrogen-bond donors (Lipinski definition) is 1. The lowest BCUT2D eigenvalue weighted by Gasteiger charge is -1.99. The molecule has 0 radical (unpaired) electrons. The van der Waals surface area contributed by atoms with Crippen LogP contribution in [0.3, 0.4) is 0 Å². The Hall–Kier alpha value is -1.24. The summed E-state index contributed by atoms with van der Waals surface area (Å²) >= 11 is 0. The van der Waals surface area contributed by atoms with Gasteiger partial charge in [0, 0.05) is 0 Å². The number of aryl methyl sites for hydroxylation is 1. The van der Waals surface area contributed by atoms with E-state index < -0.39 is 0 Å². The van der Waals surface area contributed by atoms with Crippen molar-refractivity contribution in [2.24, 2.45) is 0 Å². The third-order valence-corrected chi connectivity index (χ3v) is 1.51. The van der Waals surface area contributed by atoms with Gasteiger partial charge in [-0.05, 0) is 18.1 Å². The Bertz CT molecular complexity index is 218. The maximum Gasteiger partial charge on any atom is 0.118 e. The zero-order valence-electron chi connectivity index (χ0n) is 9.59. The van der Waals surface area contributed by atoms with Crippen molar-refractivity contribution in [2.45, 2.75) is 33.6 Å². The van der Waals surface area contributed by atoms with Crippen LogP contribution in [0.4, 0.5) is 0 Å². The van der Waals surface area contributed by atoms with E-state index in [4.69, 9.17) is 0 Å². The van der Waals surface area contributed by atoms with Crippen LogP contribution in [0.5, 0.6) is 5.75 Å². The van der Waals surface area contributed by atoms with E-state index in [0.717, 1.165) is 18.4 Å². The molecule has 0 saturated heterocycles. The second-order valence-electron chi connectivity index (χ2n) is 2.38. The van der Waals surface area contributed by atoms with Crippen molar-refractivity contribution < 1.29 is 5.11 Å². The second kappa shape index (κ2) is 11.8. The van der Waals surface area contributed by atoms with Crippen LogP contribution in [0.15, 0.2) is 37.4 Å². The molecule has 0 fully saturated rings. The summed E-state index contributed by atoms with van der Waals surface area (Å²) in [6.45, 7) is 12.1. The highest BCUT2D eigenvalue weighted by atomic mass is 16.3. The molecule has 0 atom stereocenters. The molecular weight excluding hydrogens is 172 g/mol. The van der Waals surface area contributed by atoms with E-state index in [2.05, 4.69) is 20.1 Å². The predicted octanol–water partition coefficient (Wildman–Crippen LogP) is 4.17. The molecule has 1 rings (SSSR count). The fraction of sp³-hybridized carbons (Fsp3) is 0.385. The van der Waals surface area contributed by atoms with E-state index in [-0.39, 0.29) is 0 Å². The summed E-state index contributed by atoms with van der Waals surface area (Å²) < 4.78 is 0. The summed E-state index contributed by atoms with van der Waals surface area (Å²) in [5, 5.41) is 9.24. The molecule has 0 saturated carbocycles. The summed E-state index contributed by atoms with van der Waals surface area (Å²) in [6, 6.07) is 7.48. The van der Waals surface area contributed by atoms with Gasteiger partial charge in [-0.3, -0.25) is 0 Å². The van der Waals surface area contributed by atoms with Crippen molar-refractivity contribution in [2.75, 3.05) is 0 Å². The van der Waals surface area contributed by atoms with Crippen LogP contribution in [0.25, 0.3) is 0 Å². The SMILES string of the molecule is C=C.CC.CCCc1ccccc1O. The Labute approximate surface area is 88.1 Å². The molecule has 0 bridgehead atoms. The van der Waals surface area contributed by atoms with Gasteiger partial charge < -0.3 is 5.11 Å². The van der Waals surface area contributed by atoms with Crippen molar-refractivity contribution in [3.8, 4) is 5.75 Å². The first kappa shape index (κ1) is 15.2. The molecule has 0 aliphatic carbocycles. The highest BCUT2D eigenvalue weighted by Crippen LogP contribution is 2.16. The monoisotopic (exact) mass is 194 g/mol. The first-order valence-corrected chi connectivity index (χ1v) is 5.11. The lowest BCUT2D eigenvalue weighted by atomic mass is 10.1. The molecule has 0 aliphatic rings. The number of para-hydroxylation sites is 1. The van der Waals surface area contributed by atoms with Crippen LogP contribution < -0.4 is 0 Å². The lowest BCUT2D eigenvalue weighted by molar-refractivity contribution is 0.467. The topological polar surface area (TPSA) is 20.2 Å². The standard InChI is InChI=1S/C9H12O.C2H6.C2H4/c1-2-5-8-6-3-4-7-9(8)10;2*1-2/h3-4,6-7,10H,2,5H2,1H3;1-2H3;1-2H2. The molecular formula is C13H22O. The molecule has 0 spiro atoms. The summed E-state index contributed by atoms with van der Waals surface area (Å²) in [7, 11) is 0. The maximum atomic E-state index is 9.24. The normalized spacial score (nSPS) is 7.64. The van der Waals surface area contributed by atoms with Gasteiger partial charge in [0.15, 0.2) is 0 Å². The van der Waals surface area contributed by atoms with Crippen molar-refractivity contribution in [1.29, 1.82) is 0 Å². The number of aromatic hydroxyl groups is 1. The molecule has 0 heterocycles. The number of benzene rings is 1. The Morgan fingerprint density at radius 3 is 2.07 bits per heavy atom. The van der Waals surface area contributed by atoms with Crippen LogP contribution >= 0.6 is 0 Å². The van der Waals surface area contributed by atoms with Gasteiger partial charge in [0.25, 0.3) is 0 Å². The van der Waals surface area contributed by atoms with Crippen LogP contribution in [-0.4, -0.2) is 5.11 Å². The summed E-state index contributed by atoms with van der Waals surface area (Å²) in [6.07, 6.45) is 2.05. The van der Waals surface area contributed by atoms with Gasteiger partial charge in [-0.15, -0.1) is 13.2 Å². The first-order valence-electron chi connectivity index (χ1n) is 5.11. The molecule has 0 aliphatic heterocycles. The van der Waals surface area contributed by atoms with E-state index in [1.807, 2.05) is 32.0 Å². The van der Waals surface area contributed by atoms with Crippen LogP contribution in [0, 0.1) is 0 Å². The summed E-state index contributed by atoms with van der Waals surface area (Å²) in [4.78, 5) is 0. The zero-order chi connectivity index (χ0) is 11.4. The van der Waals surface area contributed by atoms with Gasteiger partial charge in [-0.1, -0.05) is 45.4 Å². The average molecular weight is 194 g/mol. The molecule has 1 aromatic rings. The van der Waals surface area contributed by atoms with Crippen molar-refractivity contribution in [1.82, 2.24) is 0 Å². The van der Waals surface area contributed by atoms with Gasteiger partial charge in [0.1, 0.15) is 5.75 Å². The predicted molar refractivity (Wildman–Crippen MR) is 64.7 cm³/mol. The largest absolute Gasteiger partial charge is 0.508 e. The fourth-order valence-corrected chi connectivity index (χ4v) is 0.992. The first-order chi connectivity index (χ1) is 6.84. The minimum atomic E-state index is 0.421. The number of phenolic OH excluding ortho intramolecular Hbond substituents is 1. The third-order valence-electron chi connectivity index (χ3n) is 1.51. The van der Waals surface area contributed by atoms with E-state index in [1.165, 1.54) is 0 Å². The minimum Gasteiger partial charge on any atom is -0.508 e. The van der Waals surface area contributed by atoms with Gasteiger partial charge in [0.2, 0.25) is 0 Å². The number of phenols is 1. The van der Waals surface area contributed by atoms with Gasteiger partial charge >= 0.3 is 0 Å². The van der Waals surface area contributed by atoms with E-state index in [9.17, 15) is 5.11 Å². The Kier molecular flexibility index (Phi) is 12.8. The van der Waals surface area contributed by atoms with Crippen LogP contribution in [-0.2, 0) is 6.42 Å². The molecule has 1 nitrogen and oxygen atoms in total. The molecule has 0 unspecified atom stereocenters. The molecule has 80 valence electrons. The molecule has 1 N–H and O–H groups in total. The average Bonchev–Trinajstić information content (AvgIpc) is 2.28. The van der Waals surface area contributed by atoms with Gasteiger partial charge in [0.05, 0.1) is 0 Å². The Balaban J connectivity index is 0. The van der Waals surface area contributed by atoms with Crippen LogP contribution in [0.1, 0.15) is 32.8 Å². The smallest absolute Gasteiger partial charge is 0.118 e. The second-order valence-corrected chi connectivity index (χ2v) is 2.38. The zero-order valence-corrected chi connectivity index (χ0v) is 9.59. The van der Waals surface area contributed by atoms with Gasteiger partial charge in [-0.2, -0.15) is 0 Å². The molecule has 1 heteroatoms. The Morgan fingerprint density at radius 1 is 1.14 bits per heavy atom. The van der Waals surface area contributed by atoms with Crippen molar-refractivity contribution >= 4 is 0 Å². The molecule has 0 aromatic heterocycles. The quantitative estimate of drug-likeness (QED) is 0.700. The maximum absolute atomic E-state index is 9.24. The van der Waals surface area contributed by atoms with E-state index in [0.29, 0.717) is 5.75 Å². The van der Waals surface area contributed by atoms with Crippen LogP contribution in [0.2, 0.25) is 0 Å². The lowest BCUT2D eigenvalue weighted by Crippen LogP contribution is -1.81. The number of rotatable bonds is 2. The summed E-state index contributed by atoms with van der Waals surface area (Å²) in [5.74, 6) is 0.421. The minimum absolute atomic E-state index is 0.421. The van der Waals surface area contributed by atoms with Crippen molar-refractivity contribution in [3.05, 3.63) is 43.0 Å². The number of hydrogen-bond acceptors (Lipinski definition) is 1. The third kappa shape index (κ3) is 6.30. The highest BCUT2D eigenvalue weighted by molar-refractivity contribution is 5.31.